The Kier molecular flexibility index (Phi) is 5.26. The third-order valence-electron chi connectivity index (χ3n) is 5.75. The van der Waals surface area contributed by atoms with Crippen molar-refractivity contribution in [3.05, 3.63) is 119 Å². The summed E-state index contributed by atoms with van der Waals surface area (Å²) in [6.07, 6.45) is 0.782. The summed E-state index contributed by atoms with van der Waals surface area (Å²) in [4.78, 5) is 17.5. The minimum absolute atomic E-state index is 0.0979. The van der Waals surface area contributed by atoms with Crippen LogP contribution < -0.4 is 10.6 Å². The maximum atomic E-state index is 13.2. The second-order valence-corrected chi connectivity index (χ2v) is 7.76. The van der Waals surface area contributed by atoms with E-state index in [1.165, 1.54) is 11.1 Å². The first-order chi connectivity index (χ1) is 15.7. The molecule has 5 rings (SSSR count). The van der Waals surface area contributed by atoms with Gasteiger partial charge in [0.25, 0.3) is 5.91 Å². The number of amides is 1. The SMILES string of the molecule is CN=C(Nc1cccc(NC(=O)c2cccc3c2Cc2ccccc2-3)c1)c1ccccc1. The fourth-order valence-electron chi connectivity index (χ4n) is 4.23. The first kappa shape index (κ1) is 19.8. The van der Waals surface area contributed by atoms with Crippen molar-refractivity contribution in [1.29, 1.82) is 0 Å². The summed E-state index contributed by atoms with van der Waals surface area (Å²) in [7, 11) is 1.76. The Labute approximate surface area is 187 Å². The molecule has 4 aromatic carbocycles. The van der Waals surface area contributed by atoms with E-state index in [2.05, 4.69) is 33.8 Å². The number of hydrogen-bond donors (Lipinski definition) is 2. The summed E-state index contributed by atoms with van der Waals surface area (Å²) < 4.78 is 0. The molecule has 0 fully saturated rings. The molecular weight excluding hydrogens is 394 g/mol. The Bertz CT molecular complexity index is 1330. The number of benzene rings is 4. The number of nitrogens with one attached hydrogen (secondary N) is 2. The van der Waals surface area contributed by atoms with Gasteiger partial charge in [0.2, 0.25) is 0 Å². The van der Waals surface area contributed by atoms with E-state index >= 15 is 0 Å². The number of aliphatic imine (C=N–C) groups is 1. The summed E-state index contributed by atoms with van der Waals surface area (Å²) >= 11 is 0. The average Bonchev–Trinajstić information content (AvgIpc) is 3.22. The Morgan fingerprint density at radius 2 is 1.44 bits per heavy atom. The molecule has 1 amide bonds. The number of rotatable bonds is 4. The highest BCUT2D eigenvalue weighted by Crippen LogP contribution is 2.38. The van der Waals surface area contributed by atoms with Gasteiger partial charge in [-0.05, 0) is 52.9 Å². The number of nitrogens with zero attached hydrogens (tertiary/aromatic N) is 1. The fraction of sp³-hybridized carbons (Fsp3) is 0.0714. The number of anilines is 2. The van der Waals surface area contributed by atoms with E-state index < -0.39 is 0 Å². The van der Waals surface area contributed by atoms with E-state index in [-0.39, 0.29) is 5.91 Å². The van der Waals surface area contributed by atoms with Gasteiger partial charge in [0.15, 0.2) is 0 Å². The molecular formula is C28H23N3O. The number of carbonyl (C=O) groups is 1. The van der Waals surface area contributed by atoms with Crippen LogP contribution in [0.5, 0.6) is 0 Å². The van der Waals surface area contributed by atoms with Crippen LogP contribution in [0.25, 0.3) is 11.1 Å². The van der Waals surface area contributed by atoms with Crippen LogP contribution >= 0.6 is 0 Å². The van der Waals surface area contributed by atoms with Gasteiger partial charge in [-0.15, -0.1) is 0 Å². The monoisotopic (exact) mass is 417 g/mol. The average molecular weight is 418 g/mol. The van der Waals surface area contributed by atoms with Crippen LogP contribution in [0.2, 0.25) is 0 Å². The van der Waals surface area contributed by atoms with E-state index in [0.29, 0.717) is 0 Å². The van der Waals surface area contributed by atoms with Crippen LogP contribution in [-0.4, -0.2) is 18.8 Å². The lowest BCUT2D eigenvalue weighted by atomic mass is 10.0. The molecule has 4 aromatic rings. The van der Waals surface area contributed by atoms with Crippen molar-refractivity contribution in [1.82, 2.24) is 0 Å². The lowest BCUT2D eigenvalue weighted by Gasteiger charge is -2.13. The van der Waals surface area contributed by atoms with Crippen molar-refractivity contribution in [3.8, 4) is 11.1 Å². The van der Waals surface area contributed by atoms with Gasteiger partial charge in [-0.25, -0.2) is 0 Å². The molecule has 0 radical (unpaired) electrons. The van der Waals surface area contributed by atoms with Crippen LogP contribution in [0.3, 0.4) is 0 Å². The smallest absolute Gasteiger partial charge is 0.255 e. The number of hydrogen-bond acceptors (Lipinski definition) is 2. The lowest BCUT2D eigenvalue weighted by Crippen LogP contribution is -2.15. The maximum Gasteiger partial charge on any atom is 0.255 e. The lowest BCUT2D eigenvalue weighted by molar-refractivity contribution is 0.102. The van der Waals surface area contributed by atoms with E-state index in [9.17, 15) is 4.79 Å². The van der Waals surface area contributed by atoms with Gasteiger partial charge in [-0.2, -0.15) is 0 Å². The summed E-state index contributed by atoms with van der Waals surface area (Å²) in [5, 5.41) is 6.42. The predicted molar refractivity (Wildman–Crippen MR) is 132 cm³/mol. The summed E-state index contributed by atoms with van der Waals surface area (Å²) in [6, 6.07) is 32.0. The second-order valence-electron chi connectivity index (χ2n) is 7.76. The molecule has 0 spiro atoms. The number of carbonyl (C=O) groups excluding carboxylic acids is 1. The zero-order chi connectivity index (χ0) is 21.9. The molecule has 32 heavy (non-hydrogen) atoms. The molecule has 0 atom stereocenters. The zero-order valence-electron chi connectivity index (χ0n) is 17.8. The summed E-state index contributed by atoms with van der Waals surface area (Å²) in [5.74, 6) is 0.673. The van der Waals surface area contributed by atoms with Crippen LogP contribution in [0.15, 0.2) is 102 Å². The van der Waals surface area contributed by atoms with Gasteiger partial charge in [0, 0.05) is 29.5 Å². The highest BCUT2D eigenvalue weighted by atomic mass is 16.1. The zero-order valence-corrected chi connectivity index (χ0v) is 17.8. The first-order valence-corrected chi connectivity index (χ1v) is 10.6. The minimum atomic E-state index is -0.0979. The molecule has 1 aliphatic rings. The Morgan fingerprint density at radius 3 is 2.25 bits per heavy atom. The molecule has 0 bridgehead atoms. The molecule has 0 unspecified atom stereocenters. The molecule has 4 heteroatoms. The molecule has 0 aromatic heterocycles. The normalized spacial score (nSPS) is 12.1. The van der Waals surface area contributed by atoms with Gasteiger partial charge >= 0.3 is 0 Å². The fourth-order valence-corrected chi connectivity index (χ4v) is 4.23. The predicted octanol–water partition coefficient (Wildman–Crippen LogP) is 6.00. The number of fused-ring (bicyclic) bond motifs is 3. The van der Waals surface area contributed by atoms with Gasteiger partial charge in [0.1, 0.15) is 5.84 Å². The van der Waals surface area contributed by atoms with Crippen LogP contribution in [0.1, 0.15) is 27.0 Å². The van der Waals surface area contributed by atoms with E-state index in [0.717, 1.165) is 45.9 Å². The topological polar surface area (TPSA) is 53.5 Å². The summed E-state index contributed by atoms with van der Waals surface area (Å²) in [6.45, 7) is 0. The quantitative estimate of drug-likeness (QED) is 0.278. The van der Waals surface area contributed by atoms with Crippen molar-refractivity contribution in [3.63, 3.8) is 0 Å². The molecule has 2 N–H and O–H groups in total. The maximum absolute atomic E-state index is 13.2. The first-order valence-electron chi connectivity index (χ1n) is 10.6. The van der Waals surface area contributed by atoms with Crippen molar-refractivity contribution < 1.29 is 4.79 Å². The van der Waals surface area contributed by atoms with Crippen LogP contribution in [0, 0.1) is 0 Å². The third kappa shape index (κ3) is 3.79. The molecule has 0 saturated carbocycles. The van der Waals surface area contributed by atoms with Gasteiger partial charge < -0.3 is 10.6 Å². The highest BCUT2D eigenvalue weighted by Gasteiger charge is 2.23. The van der Waals surface area contributed by atoms with Crippen molar-refractivity contribution in [2.45, 2.75) is 6.42 Å². The molecule has 0 saturated heterocycles. The number of amidine groups is 1. The molecule has 0 heterocycles. The Balaban J connectivity index is 1.37. The van der Waals surface area contributed by atoms with E-state index in [4.69, 9.17) is 0 Å². The van der Waals surface area contributed by atoms with Crippen molar-refractivity contribution in [2.24, 2.45) is 4.99 Å². The summed E-state index contributed by atoms with van der Waals surface area (Å²) in [5.41, 5.74) is 8.03. The van der Waals surface area contributed by atoms with Gasteiger partial charge in [0.05, 0.1) is 0 Å². The van der Waals surface area contributed by atoms with Gasteiger partial charge in [-0.3, -0.25) is 9.79 Å². The molecule has 0 aliphatic heterocycles. The van der Waals surface area contributed by atoms with Crippen molar-refractivity contribution in [2.75, 3.05) is 17.7 Å². The standard InChI is InChI=1S/C28H23N3O/c1-29-27(19-9-3-2-4-10-19)30-21-12-7-13-22(18-21)31-28(32)25-16-8-15-24-23-14-6-5-11-20(23)17-26(24)25/h2-16,18H,17H2,1H3,(H,29,30)(H,31,32). The molecule has 4 nitrogen and oxygen atoms in total. The third-order valence-corrected chi connectivity index (χ3v) is 5.75. The Morgan fingerprint density at radius 1 is 0.750 bits per heavy atom. The largest absolute Gasteiger partial charge is 0.340 e. The van der Waals surface area contributed by atoms with Crippen molar-refractivity contribution >= 4 is 23.1 Å². The highest BCUT2D eigenvalue weighted by molar-refractivity contribution is 6.09. The van der Waals surface area contributed by atoms with Crippen LogP contribution in [0.4, 0.5) is 11.4 Å². The van der Waals surface area contributed by atoms with Gasteiger partial charge in [-0.1, -0.05) is 72.8 Å². The minimum Gasteiger partial charge on any atom is -0.340 e. The van der Waals surface area contributed by atoms with E-state index in [1.54, 1.807) is 7.05 Å². The van der Waals surface area contributed by atoms with Crippen LogP contribution in [-0.2, 0) is 6.42 Å². The Hall–Kier alpha value is -4.18. The molecule has 1 aliphatic carbocycles. The second kappa shape index (κ2) is 8.52. The molecule has 156 valence electrons. The van der Waals surface area contributed by atoms with E-state index in [1.807, 2.05) is 78.9 Å².